The Kier molecular flexibility index (Phi) is 2.53. The molecule has 0 aliphatic heterocycles. The van der Waals surface area contributed by atoms with Crippen LogP contribution in [-0.2, 0) is 27.2 Å². The van der Waals surface area contributed by atoms with E-state index in [0.29, 0.717) is 0 Å². The minimum Gasteiger partial charge on any atom is -0.293 e. The lowest BCUT2D eigenvalue weighted by atomic mass is 15.9. The van der Waals surface area contributed by atoms with Crippen molar-refractivity contribution in [2.24, 2.45) is 0 Å². The first-order chi connectivity index (χ1) is 4.19. The monoisotopic (exact) mass is 210 g/mol. The van der Waals surface area contributed by atoms with Crippen LogP contribution >= 0.6 is 0 Å². The molecule has 0 heterocycles. The summed E-state index contributed by atoms with van der Waals surface area (Å²) in [5.41, 5.74) is 0. The second kappa shape index (κ2) is 2.54. The van der Waals surface area contributed by atoms with Crippen LogP contribution in [-0.4, -0.2) is 30.1 Å². The third-order valence-electron chi connectivity index (χ3n) is 0.433. The van der Waals surface area contributed by atoms with E-state index < -0.39 is 27.2 Å². The van der Waals surface area contributed by atoms with E-state index in [2.05, 4.69) is 0 Å². The zero-order valence-electron chi connectivity index (χ0n) is 4.16. The van der Waals surface area contributed by atoms with Crippen LogP contribution in [0, 0.1) is 0 Å². The molecule has 0 fully saturated rings. The fourth-order valence-corrected chi connectivity index (χ4v) is 1.99. The minimum atomic E-state index is -5.48. The highest BCUT2D eigenvalue weighted by atomic mass is 33.6. The summed E-state index contributed by atoms with van der Waals surface area (Å²) in [4.78, 5) is 0. The molecule has 0 spiro atoms. The predicted octanol–water partition coefficient (Wildman–Crippen LogP) is -1.66. The maximum Gasteiger partial charge on any atom is 0.386 e. The summed E-state index contributed by atoms with van der Waals surface area (Å²) in [5.74, 6) is 0. The molecular weight excluding hydrogens is 208 g/mol. The largest absolute Gasteiger partial charge is 0.386 e. The highest BCUT2D eigenvalue weighted by molar-refractivity contribution is 8.95. The van der Waals surface area contributed by atoms with Gasteiger partial charge in [-0.15, -0.1) is 0 Å². The molecule has 0 aliphatic rings. The van der Waals surface area contributed by atoms with Gasteiger partial charge in [0.25, 0.3) is 10.1 Å². The van der Waals surface area contributed by atoms with Crippen LogP contribution in [0.3, 0.4) is 0 Å². The van der Waals surface area contributed by atoms with Gasteiger partial charge in [0.15, 0.2) is 0 Å². The highest BCUT2D eigenvalue weighted by Gasteiger charge is 2.33. The van der Waals surface area contributed by atoms with E-state index >= 15 is 0 Å². The van der Waals surface area contributed by atoms with Crippen molar-refractivity contribution in [3.8, 4) is 0 Å². The molecule has 1 atom stereocenters. The molecule has 0 aromatic carbocycles. The van der Waals surface area contributed by atoms with Crippen LogP contribution in [0.15, 0.2) is 0 Å². The predicted molar refractivity (Wildman–Crippen MR) is 31.2 cm³/mol. The number of hydrogen-bond donors (Lipinski definition) is 2. The van der Waals surface area contributed by atoms with E-state index in [4.69, 9.17) is 9.11 Å². The van der Waals surface area contributed by atoms with Crippen molar-refractivity contribution in [2.75, 3.05) is 0 Å². The Bertz CT molecular complexity index is 325. The number of rotatable bonds is 2. The smallest absolute Gasteiger partial charge is 0.293 e. The van der Waals surface area contributed by atoms with Crippen LogP contribution in [0.1, 0.15) is 0 Å². The SMILES string of the molecule is O=S(O)S(=O)(=O)S(=O)(=O)O. The van der Waals surface area contributed by atoms with Crippen molar-refractivity contribution >= 4 is 27.2 Å². The highest BCUT2D eigenvalue weighted by Crippen LogP contribution is 2.02. The Morgan fingerprint density at radius 2 is 1.40 bits per heavy atom. The van der Waals surface area contributed by atoms with Gasteiger partial charge in [0.05, 0.1) is 0 Å². The van der Waals surface area contributed by atoms with Crippen LogP contribution in [0.25, 0.3) is 0 Å². The zero-order valence-corrected chi connectivity index (χ0v) is 6.61. The van der Waals surface area contributed by atoms with Crippen molar-refractivity contribution in [1.82, 2.24) is 0 Å². The van der Waals surface area contributed by atoms with Gasteiger partial charge in [-0.3, -0.25) is 9.11 Å². The molecule has 2 N–H and O–H groups in total. The van der Waals surface area contributed by atoms with Gasteiger partial charge in [0.2, 0.25) is 0 Å². The lowest BCUT2D eigenvalue weighted by Gasteiger charge is -1.90. The number of hydrogen-bond acceptors (Lipinski definition) is 5. The molecular formula is H2O7S3. The Balaban J connectivity index is 5.43. The van der Waals surface area contributed by atoms with Gasteiger partial charge >= 0.3 is 17.1 Å². The molecule has 0 saturated heterocycles. The van der Waals surface area contributed by atoms with Crippen molar-refractivity contribution in [3.63, 3.8) is 0 Å². The molecule has 62 valence electrons. The molecule has 1 unspecified atom stereocenters. The average Bonchev–Trinajstić information content (AvgIpc) is 1.62. The molecule has 10 heavy (non-hydrogen) atoms. The standard InChI is InChI=1S/H2O7S3/c1-8(2)10(6,7)9(3,4)5/h(H,1,2)(H,3,4,5). The third-order valence-corrected chi connectivity index (χ3v) is 6.49. The molecule has 10 heteroatoms. The van der Waals surface area contributed by atoms with Gasteiger partial charge in [0, 0.05) is 0 Å². The Hall–Kier alpha value is -0.0300. The third kappa shape index (κ3) is 1.73. The molecule has 0 aliphatic carbocycles. The fourth-order valence-electron chi connectivity index (χ4n) is 0.0736. The van der Waals surface area contributed by atoms with E-state index in [1.54, 1.807) is 0 Å². The molecule has 0 rings (SSSR count). The molecule has 0 aromatic rings. The van der Waals surface area contributed by atoms with Gasteiger partial charge in [0.1, 0.15) is 0 Å². The molecule has 7 nitrogen and oxygen atoms in total. The van der Waals surface area contributed by atoms with Gasteiger partial charge in [-0.25, -0.2) is 4.21 Å². The van der Waals surface area contributed by atoms with Crippen LogP contribution in [0.5, 0.6) is 0 Å². The van der Waals surface area contributed by atoms with Gasteiger partial charge in [-0.05, 0) is 0 Å². The lowest BCUT2D eigenvalue weighted by molar-refractivity contribution is 0.494. The van der Waals surface area contributed by atoms with E-state index in [-0.39, 0.29) is 0 Å². The molecule has 0 saturated carbocycles. The summed E-state index contributed by atoms with van der Waals surface area (Å²) < 4.78 is 64.5. The first-order valence-electron chi connectivity index (χ1n) is 1.53. The Morgan fingerprint density at radius 1 is 1.10 bits per heavy atom. The topological polar surface area (TPSA) is 126 Å². The summed E-state index contributed by atoms with van der Waals surface area (Å²) in [7, 11) is -14.4. The Labute approximate surface area is 57.8 Å². The van der Waals surface area contributed by atoms with E-state index in [0.717, 1.165) is 0 Å². The summed E-state index contributed by atoms with van der Waals surface area (Å²) in [6, 6.07) is 0. The first kappa shape index (κ1) is 9.97. The van der Waals surface area contributed by atoms with E-state index in [1.165, 1.54) is 0 Å². The normalized spacial score (nSPS) is 16.6. The van der Waals surface area contributed by atoms with E-state index in [1.807, 2.05) is 0 Å². The van der Waals surface area contributed by atoms with Gasteiger partial charge in [-0.2, -0.15) is 16.8 Å². The lowest BCUT2D eigenvalue weighted by Crippen LogP contribution is -2.18. The quantitative estimate of drug-likeness (QED) is 0.317. The first-order valence-corrected chi connectivity index (χ1v) is 6.60. The summed E-state index contributed by atoms with van der Waals surface area (Å²) >= 11 is 0. The van der Waals surface area contributed by atoms with Crippen molar-refractivity contribution in [3.05, 3.63) is 0 Å². The van der Waals surface area contributed by atoms with Crippen molar-refractivity contribution < 1.29 is 30.1 Å². The van der Waals surface area contributed by atoms with Crippen molar-refractivity contribution in [2.45, 2.75) is 0 Å². The van der Waals surface area contributed by atoms with Gasteiger partial charge in [-0.1, -0.05) is 0 Å². The second-order valence-corrected chi connectivity index (χ2v) is 8.54. The average molecular weight is 210 g/mol. The van der Waals surface area contributed by atoms with Crippen LogP contribution < -0.4 is 0 Å². The Morgan fingerprint density at radius 3 is 1.40 bits per heavy atom. The molecule has 0 bridgehead atoms. The van der Waals surface area contributed by atoms with E-state index in [9.17, 15) is 21.0 Å². The zero-order chi connectivity index (χ0) is 8.58. The summed E-state index contributed by atoms with van der Waals surface area (Å²) in [6.45, 7) is 0. The summed E-state index contributed by atoms with van der Waals surface area (Å²) in [5, 5.41) is 0. The molecule has 0 amide bonds. The van der Waals surface area contributed by atoms with Crippen LogP contribution in [0.4, 0.5) is 0 Å². The fraction of sp³-hybridized carbons (Fsp3) is 0. The maximum atomic E-state index is 9.96. The maximum absolute atomic E-state index is 9.96. The second-order valence-electron chi connectivity index (χ2n) is 1.05. The minimum absolute atomic E-state index is 3.61. The molecule has 0 radical (unpaired) electrons. The molecule has 0 aromatic heterocycles. The summed E-state index contributed by atoms with van der Waals surface area (Å²) in [6.07, 6.45) is 0. The van der Waals surface area contributed by atoms with Gasteiger partial charge < -0.3 is 0 Å². The van der Waals surface area contributed by atoms with Crippen LogP contribution in [0.2, 0.25) is 0 Å². The van der Waals surface area contributed by atoms with Crippen molar-refractivity contribution in [1.29, 1.82) is 0 Å².